The number of carbonyl (C=O) groups is 1. The van der Waals surface area contributed by atoms with Crippen molar-refractivity contribution < 1.29 is 4.79 Å². The van der Waals surface area contributed by atoms with E-state index in [1.54, 1.807) is 0 Å². The quantitative estimate of drug-likeness (QED) is 0.714. The summed E-state index contributed by atoms with van der Waals surface area (Å²) < 4.78 is 0. The molecule has 1 heterocycles. The van der Waals surface area contributed by atoms with Gasteiger partial charge in [-0.15, -0.1) is 0 Å². The Hall–Kier alpha value is -0.370. The minimum absolute atomic E-state index is 0.346. The van der Waals surface area contributed by atoms with Gasteiger partial charge in [0.05, 0.1) is 0 Å². The molecule has 0 aromatic heterocycles. The number of hydrogen-bond donors (Lipinski definition) is 0. The van der Waals surface area contributed by atoms with Gasteiger partial charge >= 0.3 is 0 Å². The first kappa shape index (κ1) is 14.0. The zero-order valence-electron chi connectivity index (χ0n) is 12.2. The highest BCUT2D eigenvalue weighted by molar-refractivity contribution is 5.81. The molecule has 1 saturated carbocycles. The molecule has 1 aliphatic carbocycles. The number of carbonyl (C=O) groups excluding carboxylic acids is 1. The van der Waals surface area contributed by atoms with Crippen LogP contribution < -0.4 is 0 Å². The SMILES string of the molecule is CCC1(C)CCN(CC2CCCCCC2=O)CC1. The first-order chi connectivity index (χ1) is 8.63. The molecule has 1 atom stereocenters. The number of Topliss-reactive ketones (excluding diaryl/α,β-unsaturated/α-hetero) is 1. The molecule has 2 nitrogen and oxygen atoms in total. The maximum absolute atomic E-state index is 12.0. The summed E-state index contributed by atoms with van der Waals surface area (Å²) >= 11 is 0. The average molecular weight is 251 g/mol. The first-order valence-corrected chi connectivity index (χ1v) is 7.88. The van der Waals surface area contributed by atoms with Gasteiger partial charge in [-0.2, -0.15) is 0 Å². The van der Waals surface area contributed by atoms with Gasteiger partial charge in [0.25, 0.3) is 0 Å². The van der Waals surface area contributed by atoms with Crippen molar-refractivity contribution in [3.8, 4) is 0 Å². The fourth-order valence-electron chi connectivity index (χ4n) is 3.37. The fourth-order valence-corrected chi connectivity index (χ4v) is 3.37. The summed E-state index contributed by atoms with van der Waals surface area (Å²) in [7, 11) is 0. The van der Waals surface area contributed by atoms with Crippen molar-refractivity contribution in [1.82, 2.24) is 4.90 Å². The van der Waals surface area contributed by atoms with Crippen LogP contribution in [0.25, 0.3) is 0 Å². The smallest absolute Gasteiger partial charge is 0.137 e. The van der Waals surface area contributed by atoms with Crippen LogP contribution in [-0.4, -0.2) is 30.3 Å². The molecule has 1 saturated heterocycles. The van der Waals surface area contributed by atoms with Crippen molar-refractivity contribution in [2.45, 2.75) is 65.2 Å². The number of piperidine rings is 1. The Labute approximate surface area is 112 Å². The van der Waals surface area contributed by atoms with E-state index in [1.807, 2.05) is 0 Å². The normalized spacial score (nSPS) is 30.1. The zero-order valence-corrected chi connectivity index (χ0v) is 12.2. The summed E-state index contributed by atoms with van der Waals surface area (Å²) in [5, 5.41) is 0. The number of hydrogen-bond acceptors (Lipinski definition) is 2. The lowest BCUT2D eigenvalue weighted by molar-refractivity contribution is -0.123. The number of ketones is 1. The molecule has 0 spiro atoms. The van der Waals surface area contributed by atoms with Crippen LogP contribution in [0.15, 0.2) is 0 Å². The topological polar surface area (TPSA) is 20.3 Å². The molecule has 18 heavy (non-hydrogen) atoms. The summed E-state index contributed by atoms with van der Waals surface area (Å²) in [4.78, 5) is 14.6. The predicted octanol–water partition coefficient (Wildman–Crippen LogP) is 3.65. The monoisotopic (exact) mass is 251 g/mol. The maximum Gasteiger partial charge on any atom is 0.137 e. The Morgan fingerprint density at radius 2 is 1.94 bits per heavy atom. The lowest BCUT2D eigenvalue weighted by atomic mass is 9.78. The summed E-state index contributed by atoms with van der Waals surface area (Å²) in [6, 6.07) is 0. The van der Waals surface area contributed by atoms with Crippen LogP contribution >= 0.6 is 0 Å². The van der Waals surface area contributed by atoms with Crippen LogP contribution in [0.3, 0.4) is 0 Å². The Morgan fingerprint density at radius 1 is 1.22 bits per heavy atom. The highest BCUT2D eigenvalue weighted by Gasteiger charge is 2.30. The third-order valence-electron chi connectivity index (χ3n) is 5.33. The van der Waals surface area contributed by atoms with Gasteiger partial charge < -0.3 is 4.90 Å². The van der Waals surface area contributed by atoms with Crippen molar-refractivity contribution in [3.63, 3.8) is 0 Å². The number of rotatable bonds is 3. The predicted molar refractivity (Wildman–Crippen MR) is 75.7 cm³/mol. The summed E-state index contributed by atoms with van der Waals surface area (Å²) in [5.74, 6) is 0.884. The van der Waals surface area contributed by atoms with Crippen molar-refractivity contribution in [3.05, 3.63) is 0 Å². The van der Waals surface area contributed by atoms with Crippen LogP contribution in [0.4, 0.5) is 0 Å². The van der Waals surface area contributed by atoms with E-state index in [2.05, 4.69) is 18.7 Å². The molecule has 0 aromatic rings. The van der Waals surface area contributed by atoms with Gasteiger partial charge in [-0.3, -0.25) is 4.79 Å². The molecule has 2 rings (SSSR count). The minimum Gasteiger partial charge on any atom is -0.303 e. The van der Waals surface area contributed by atoms with Gasteiger partial charge in [-0.25, -0.2) is 0 Å². The lowest BCUT2D eigenvalue weighted by Crippen LogP contribution is -2.42. The van der Waals surface area contributed by atoms with Crippen LogP contribution in [0.5, 0.6) is 0 Å². The van der Waals surface area contributed by atoms with Gasteiger partial charge in [0, 0.05) is 18.9 Å². The van der Waals surface area contributed by atoms with E-state index in [-0.39, 0.29) is 0 Å². The van der Waals surface area contributed by atoms with Gasteiger partial charge in [-0.05, 0) is 44.2 Å². The molecule has 1 unspecified atom stereocenters. The highest BCUT2D eigenvalue weighted by atomic mass is 16.1. The van der Waals surface area contributed by atoms with E-state index >= 15 is 0 Å². The van der Waals surface area contributed by atoms with Crippen LogP contribution in [0.2, 0.25) is 0 Å². The zero-order chi connectivity index (χ0) is 13.0. The second kappa shape index (κ2) is 6.18. The van der Waals surface area contributed by atoms with Crippen LogP contribution in [-0.2, 0) is 4.79 Å². The Morgan fingerprint density at radius 3 is 2.61 bits per heavy atom. The van der Waals surface area contributed by atoms with Gasteiger partial charge in [-0.1, -0.05) is 33.1 Å². The van der Waals surface area contributed by atoms with Crippen molar-refractivity contribution >= 4 is 5.78 Å². The summed E-state index contributed by atoms with van der Waals surface area (Å²) in [5.41, 5.74) is 0.559. The van der Waals surface area contributed by atoms with Crippen molar-refractivity contribution in [1.29, 1.82) is 0 Å². The Bertz CT molecular complexity index is 279. The third-order valence-corrected chi connectivity index (χ3v) is 5.33. The van der Waals surface area contributed by atoms with E-state index in [1.165, 1.54) is 45.2 Å². The molecular formula is C16H29NO. The van der Waals surface area contributed by atoms with E-state index in [0.29, 0.717) is 17.1 Å². The minimum atomic E-state index is 0.346. The number of nitrogens with zero attached hydrogens (tertiary/aromatic N) is 1. The molecule has 0 aromatic carbocycles. The molecule has 0 radical (unpaired) electrons. The second-order valence-electron chi connectivity index (χ2n) is 6.73. The highest BCUT2D eigenvalue weighted by Crippen LogP contribution is 2.34. The standard InChI is InChI=1S/C16H29NO/c1-3-16(2)9-11-17(12-10-16)13-14-7-5-4-6-8-15(14)18/h14H,3-13H2,1-2H3. The second-order valence-corrected chi connectivity index (χ2v) is 6.73. The summed E-state index contributed by atoms with van der Waals surface area (Å²) in [6.45, 7) is 8.17. The van der Waals surface area contributed by atoms with E-state index in [9.17, 15) is 4.79 Å². The molecule has 0 N–H and O–H groups in total. The van der Waals surface area contributed by atoms with Gasteiger partial charge in [0.2, 0.25) is 0 Å². The van der Waals surface area contributed by atoms with E-state index in [4.69, 9.17) is 0 Å². The van der Waals surface area contributed by atoms with Crippen molar-refractivity contribution in [2.24, 2.45) is 11.3 Å². The van der Waals surface area contributed by atoms with Crippen molar-refractivity contribution in [2.75, 3.05) is 19.6 Å². The Balaban J connectivity index is 1.81. The van der Waals surface area contributed by atoms with Gasteiger partial charge in [0.15, 0.2) is 0 Å². The molecular weight excluding hydrogens is 222 g/mol. The summed E-state index contributed by atoms with van der Waals surface area (Å²) in [6.07, 6.45) is 9.54. The Kier molecular flexibility index (Phi) is 4.83. The van der Waals surface area contributed by atoms with E-state index < -0.39 is 0 Å². The molecule has 104 valence electrons. The molecule has 0 amide bonds. The van der Waals surface area contributed by atoms with Crippen LogP contribution in [0, 0.1) is 11.3 Å². The third kappa shape index (κ3) is 3.57. The fraction of sp³-hybridized carbons (Fsp3) is 0.938. The number of likely N-dealkylation sites (tertiary alicyclic amines) is 1. The van der Waals surface area contributed by atoms with E-state index in [0.717, 1.165) is 25.8 Å². The first-order valence-electron chi connectivity index (χ1n) is 7.88. The molecule has 2 heteroatoms. The molecule has 0 bridgehead atoms. The van der Waals surface area contributed by atoms with Crippen LogP contribution in [0.1, 0.15) is 65.2 Å². The lowest BCUT2D eigenvalue weighted by Gasteiger charge is -2.39. The molecule has 1 aliphatic heterocycles. The molecule has 2 aliphatic rings. The maximum atomic E-state index is 12.0. The average Bonchev–Trinajstić information content (AvgIpc) is 2.58. The van der Waals surface area contributed by atoms with Gasteiger partial charge in [0.1, 0.15) is 5.78 Å². The molecule has 2 fully saturated rings. The largest absolute Gasteiger partial charge is 0.303 e.